The molecule has 2 aromatic rings. The van der Waals surface area contributed by atoms with Gasteiger partial charge >= 0.3 is 0 Å². The Morgan fingerprint density at radius 1 is 0.958 bits per heavy atom. The molecule has 3 aliphatic heterocycles. The highest BCUT2D eigenvalue weighted by Gasteiger charge is 2.44. The fourth-order valence-corrected chi connectivity index (χ4v) is 9.18. The van der Waals surface area contributed by atoms with E-state index in [1.807, 2.05) is 25.1 Å². The van der Waals surface area contributed by atoms with Crippen molar-refractivity contribution in [2.24, 2.45) is 23.7 Å². The fraction of sp³-hybridized carbons (Fsp3) is 0.667. The summed E-state index contributed by atoms with van der Waals surface area (Å²) in [5.41, 5.74) is 2.30. The van der Waals surface area contributed by atoms with E-state index in [9.17, 15) is 13.2 Å². The molecule has 10 nitrogen and oxygen atoms in total. The predicted molar refractivity (Wildman–Crippen MR) is 187 cm³/mol. The van der Waals surface area contributed by atoms with Crippen LogP contribution >= 0.6 is 11.6 Å². The number of likely N-dealkylation sites (N-methyl/N-ethyl adjacent to an activating group) is 1. The highest BCUT2D eigenvalue weighted by molar-refractivity contribution is 7.90. The van der Waals surface area contributed by atoms with Gasteiger partial charge in [-0.05, 0) is 119 Å². The van der Waals surface area contributed by atoms with Gasteiger partial charge in [-0.3, -0.25) is 4.79 Å². The van der Waals surface area contributed by atoms with Crippen molar-refractivity contribution >= 4 is 33.3 Å². The van der Waals surface area contributed by atoms with Crippen molar-refractivity contribution in [3.63, 3.8) is 0 Å². The SMILES string of the molecule is C[C@@H]1[C@@H](C)CCC[C@H](C2OCC(N(C)C)CO2)[C@@H]2CC[C@H]2CN2CCCCc3cc(Cl)ccc3COc3ccc(nc32)C(=O)NS1(=O)=O. The highest BCUT2D eigenvalue weighted by Crippen LogP contribution is 2.46. The molecule has 4 aliphatic rings. The summed E-state index contributed by atoms with van der Waals surface area (Å²) in [6, 6.07) is 9.45. The molecule has 48 heavy (non-hydrogen) atoms. The Bertz CT molecular complexity index is 1550. The molecule has 6 rings (SSSR count). The van der Waals surface area contributed by atoms with E-state index in [0.717, 1.165) is 70.0 Å². The number of carbonyl (C=O) groups is 1. The molecule has 1 aromatic carbocycles. The number of nitrogens with one attached hydrogen (secondary N) is 1. The zero-order valence-corrected chi connectivity index (χ0v) is 30.3. The minimum atomic E-state index is -3.94. The standard InChI is InChI=1S/C36H51ClN4O6S/c1-23-8-7-10-31(36-46-21-29(22-47-36)40(3)4)30-14-12-26(30)19-41-17-6-5-9-25-18-28(37)13-11-27(25)20-45-33-16-15-32(38-34(33)41)35(42)39-48(43,44)24(23)2/h11,13,15-16,18,23-24,26,29-31,36H,5-10,12,14,17,19-22H2,1-4H3,(H,39,42)/t23-,24+,26-,29?,30+,31-,36?/m0/s1. The maximum Gasteiger partial charge on any atom is 0.283 e. The maximum absolute atomic E-state index is 13.4. The number of benzene rings is 1. The van der Waals surface area contributed by atoms with Crippen molar-refractivity contribution in [1.82, 2.24) is 14.6 Å². The summed E-state index contributed by atoms with van der Waals surface area (Å²) in [6.45, 7) is 6.72. The molecular formula is C36H51ClN4O6S. The summed E-state index contributed by atoms with van der Waals surface area (Å²) in [7, 11) is 0.160. The smallest absolute Gasteiger partial charge is 0.283 e. The molecule has 4 heterocycles. The monoisotopic (exact) mass is 702 g/mol. The third-order valence-electron chi connectivity index (χ3n) is 11.2. The molecule has 12 heteroatoms. The molecule has 5 atom stereocenters. The third-order valence-corrected chi connectivity index (χ3v) is 13.4. The lowest BCUT2D eigenvalue weighted by molar-refractivity contribution is -0.240. The molecule has 2 fully saturated rings. The number of aryl methyl sites for hydroxylation is 1. The van der Waals surface area contributed by atoms with Crippen molar-refractivity contribution in [3.05, 3.63) is 52.2 Å². The number of fused-ring (bicyclic) bond motifs is 3. The largest absolute Gasteiger partial charge is 0.485 e. The van der Waals surface area contributed by atoms with Gasteiger partial charge in [0.05, 0.1) is 24.5 Å². The van der Waals surface area contributed by atoms with Crippen LogP contribution in [0.5, 0.6) is 5.75 Å². The van der Waals surface area contributed by atoms with Crippen LogP contribution in [0.15, 0.2) is 30.3 Å². The minimum Gasteiger partial charge on any atom is -0.485 e. The van der Waals surface area contributed by atoms with Crippen molar-refractivity contribution in [2.45, 2.75) is 89.4 Å². The Labute approximate surface area is 290 Å². The van der Waals surface area contributed by atoms with Gasteiger partial charge in [-0.15, -0.1) is 0 Å². The normalized spacial score (nSPS) is 31.7. The predicted octanol–water partition coefficient (Wildman–Crippen LogP) is 5.67. The number of amides is 1. The van der Waals surface area contributed by atoms with Crippen LogP contribution in [0.1, 0.15) is 80.4 Å². The number of pyridine rings is 1. The van der Waals surface area contributed by atoms with Crippen LogP contribution in [0.4, 0.5) is 5.82 Å². The van der Waals surface area contributed by atoms with E-state index in [0.29, 0.717) is 48.2 Å². The van der Waals surface area contributed by atoms with Gasteiger partial charge in [-0.25, -0.2) is 18.1 Å². The second kappa shape index (κ2) is 15.2. The number of hydrogen-bond acceptors (Lipinski definition) is 9. The first-order valence-electron chi connectivity index (χ1n) is 17.6. The van der Waals surface area contributed by atoms with Gasteiger partial charge in [0.1, 0.15) is 12.3 Å². The molecule has 1 saturated heterocycles. The van der Waals surface area contributed by atoms with Crippen molar-refractivity contribution < 1.29 is 27.4 Å². The Morgan fingerprint density at radius 3 is 2.48 bits per heavy atom. The summed E-state index contributed by atoms with van der Waals surface area (Å²) >= 11 is 6.36. The van der Waals surface area contributed by atoms with Gasteiger partial charge in [-0.2, -0.15) is 0 Å². The molecule has 0 spiro atoms. The molecular weight excluding hydrogens is 652 g/mol. The summed E-state index contributed by atoms with van der Waals surface area (Å²) in [4.78, 5) is 22.7. The lowest BCUT2D eigenvalue weighted by atomic mass is 9.65. The van der Waals surface area contributed by atoms with Gasteiger partial charge in [0.15, 0.2) is 17.9 Å². The quantitative estimate of drug-likeness (QED) is 0.423. The van der Waals surface area contributed by atoms with E-state index < -0.39 is 21.2 Å². The number of sulfonamides is 1. The summed E-state index contributed by atoms with van der Waals surface area (Å²) in [5.74, 6) is 1.28. The molecule has 0 unspecified atom stereocenters. The van der Waals surface area contributed by atoms with E-state index in [1.165, 1.54) is 5.56 Å². The van der Waals surface area contributed by atoms with Crippen LogP contribution in [0.25, 0.3) is 0 Å². The van der Waals surface area contributed by atoms with Gasteiger partial charge in [0, 0.05) is 24.0 Å². The van der Waals surface area contributed by atoms with Gasteiger partial charge < -0.3 is 24.0 Å². The molecule has 1 N–H and O–H groups in total. The lowest BCUT2D eigenvalue weighted by Crippen LogP contribution is -2.50. The molecule has 0 radical (unpaired) electrons. The molecule has 1 amide bonds. The topological polar surface area (TPSA) is 110 Å². The van der Waals surface area contributed by atoms with Crippen molar-refractivity contribution in [2.75, 3.05) is 45.3 Å². The molecule has 1 aliphatic carbocycles. The first-order valence-corrected chi connectivity index (χ1v) is 19.5. The number of hydrogen-bond donors (Lipinski definition) is 1. The maximum atomic E-state index is 13.4. The van der Waals surface area contributed by atoms with Crippen LogP contribution < -0.4 is 14.4 Å². The minimum absolute atomic E-state index is 0.0578. The van der Waals surface area contributed by atoms with Gasteiger partial charge in [0.25, 0.3) is 5.91 Å². The van der Waals surface area contributed by atoms with E-state index in [-0.39, 0.29) is 29.9 Å². The lowest BCUT2D eigenvalue weighted by Gasteiger charge is -2.48. The van der Waals surface area contributed by atoms with Crippen molar-refractivity contribution in [1.29, 1.82) is 0 Å². The number of anilines is 1. The van der Waals surface area contributed by atoms with Crippen LogP contribution in [-0.4, -0.2) is 82.2 Å². The average Bonchev–Trinajstić information content (AvgIpc) is 3.08. The number of aromatic nitrogens is 1. The first-order chi connectivity index (χ1) is 23.0. The van der Waals surface area contributed by atoms with Crippen LogP contribution in [-0.2, 0) is 32.5 Å². The van der Waals surface area contributed by atoms with E-state index in [1.54, 1.807) is 19.1 Å². The van der Waals surface area contributed by atoms with E-state index >= 15 is 0 Å². The molecule has 2 bridgehead atoms. The van der Waals surface area contributed by atoms with Crippen LogP contribution in [0, 0.1) is 23.7 Å². The van der Waals surface area contributed by atoms with Crippen molar-refractivity contribution in [3.8, 4) is 5.75 Å². The number of halogens is 1. The number of carbonyl (C=O) groups excluding carboxylic acids is 1. The zero-order valence-electron chi connectivity index (χ0n) is 28.7. The number of rotatable bonds is 2. The zero-order chi connectivity index (χ0) is 34.0. The van der Waals surface area contributed by atoms with E-state index in [4.69, 9.17) is 30.8 Å². The molecule has 264 valence electrons. The molecule has 1 aromatic heterocycles. The Morgan fingerprint density at radius 2 is 1.75 bits per heavy atom. The third kappa shape index (κ3) is 7.96. The summed E-state index contributed by atoms with van der Waals surface area (Å²) < 4.78 is 48.5. The summed E-state index contributed by atoms with van der Waals surface area (Å²) in [6.07, 6.45) is 7.15. The van der Waals surface area contributed by atoms with Gasteiger partial charge in [0.2, 0.25) is 10.0 Å². The Balaban J connectivity index is 1.35. The van der Waals surface area contributed by atoms with Crippen LogP contribution in [0.2, 0.25) is 5.02 Å². The Kier molecular flexibility index (Phi) is 11.2. The van der Waals surface area contributed by atoms with Gasteiger partial charge in [-0.1, -0.05) is 31.0 Å². The summed E-state index contributed by atoms with van der Waals surface area (Å²) in [5, 5.41) is -0.0413. The van der Waals surface area contributed by atoms with Crippen LogP contribution in [0.3, 0.4) is 0 Å². The second-order valence-corrected chi connectivity index (χ2v) is 17.0. The Hall–Kier alpha value is -2.44. The fourth-order valence-electron chi connectivity index (χ4n) is 7.69. The average molecular weight is 703 g/mol. The number of ether oxygens (including phenoxy) is 3. The first kappa shape index (κ1) is 35.4. The second-order valence-electron chi connectivity index (χ2n) is 14.5. The van der Waals surface area contributed by atoms with E-state index in [2.05, 4.69) is 28.6 Å². The molecule has 1 saturated carbocycles. The number of nitrogens with zero attached hydrogens (tertiary/aromatic N) is 3. The highest BCUT2D eigenvalue weighted by atomic mass is 35.5.